The highest BCUT2D eigenvalue weighted by molar-refractivity contribution is 5.58. The van der Waals surface area contributed by atoms with Gasteiger partial charge in [0.05, 0.1) is 0 Å². The van der Waals surface area contributed by atoms with Crippen LogP contribution in [0, 0.1) is 0 Å². The van der Waals surface area contributed by atoms with E-state index in [-0.39, 0.29) is 6.61 Å². The second-order valence-corrected chi connectivity index (χ2v) is 3.88. The van der Waals surface area contributed by atoms with E-state index in [0.717, 1.165) is 17.5 Å². The van der Waals surface area contributed by atoms with Gasteiger partial charge in [-0.05, 0) is 18.6 Å². The van der Waals surface area contributed by atoms with Crippen molar-refractivity contribution in [2.75, 3.05) is 30.4 Å². The minimum absolute atomic E-state index is 0.174. The third-order valence-corrected chi connectivity index (χ3v) is 2.58. The first-order chi connectivity index (χ1) is 8.81. The molecule has 3 N–H and O–H groups in total. The minimum Gasteiger partial charge on any atom is -0.396 e. The number of hydrogen-bond acceptors (Lipinski definition) is 5. The molecule has 0 aliphatic carbocycles. The molecule has 0 bridgehead atoms. The van der Waals surface area contributed by atoms with Crippen LogP contribution in [0.3, 0.4) is 0 Å². The van der Waals surface area contributed by atoms with Crippen LogP contribution in [-0.2, 0) is 0 Å². The summed E-state index contributed by atoms with van der Waals surface area (Å²) in [6.07, 6.45) is 4.09. The number of rotatable bonds is 6. The summed E-state index contributed by atoms with van der Waals surface area (Å²) in [5.74, 6) is 2.53. The topological polar surface area (TPSA) is 77.1 Å². The molecule has 96 valence electrons. The molecule has 0 amide bonds. The van der Waals surface area contributed by atoms with Gasteiger partial charge in [0.2, 0.25) is 0 Å². The Labute approximate surface area is 106 Å². The lowest BCUT2D eigenvalue weighted by atomic mass is 10.4. The second kappa shape index (κ2) is 6.02. The molecular weight excluding hydrogens is 230 g/mol. The quantitative estimate of drug-likeness (QED) is 0.672. The van der Waals surface area contributed by atoms with Crippen molar-refractivity contribution in [3.8, 4) is 0 Å². The Morgan fingerprint density at radius 2 is 2.33 bits per heavy atom. The van der Waals surface area contributed by atoms with Gasteiger partial charge in [-0.15, -0.1) is 0 Å². The van der Waals surface area contributed by atoms with Crippen molar-refractivity contribution in [2.24, 2.45) is 0 Å². The maximum atomic E-state index is 8.73. The Balaban J connectivity index is 2.07. The van der Waals surface area contributed by atoms with Gasteiger partial charge in [0, 0.05) is 32.5 Å². The average Bonchev–Trinajstić information content (AvgIpc) is 2.92. The van der Waals surface area contributed by atoms with Crippen LogP contribution in [0.1, 0.15) is 6.42 Å². The van der Waals surface area contributed by atoms with E-state index in [2.05, 4.69) is 20.3 Å². The normalized spacial score (nSPS) is 10.3. The first-order valence-electron chi connectivity index (χ1n) is 5.85. The van der Waals surface area contributed by atoms with E-state index >= 15 is 0 Å². The Hall–Kier alpha value is -2.08. The van der Waals surface area contributed by atoms with Crippen LogP contribution in [0.25, 0.3) is 0 Å². The van der Waals surface area contributed by atoms with Gasteiger partial charge in [0.1, 0.15) is 23.8 Å². The SMILES string of the molecule is CN(c1cc(NCCCO)ncn1)c1ccc[nH]1. The number of aliphatic hydroxyl groups excluding tert-OH is 1. The Morgan fingerprint density at radius 3 is 3.06 bits per heavy atom. The molecule has 6 heteroatoms. The molecule has 2 rings (SSSR count). The summed E-state index contributed by atoms with van der Waals surface area (Å²) in [5.41, 5.74) is 0. The molecule has 0 aliphatic heterocycles. The van der Waals surface area contributed by atoms with E-state index in [0.29, 0.717) is 13.0 Å². The molecule has 0 fully saturated rings. The maximum Gasteiger partial charge on any atom is 0.139 e. The predicted molar refractivity (Wildman–Crippen MR) is 71.1 cm³/mol. The van der Waals surface area contributed by atoms with Gasteiger partial charge in [-0.1, -0.05) is 0 Å². The Kier molecular flexibility index (Phi) is 4.14. The largest absolute Gasteiger partial charge is 0.396 e. The van der Waals surface area contributed by atoms with Gasteiger partial charge in [-0.2, -0.15) is 0 Å². The molecule has 0 aromatic carbocycles. The molecule has 6 nitrogen and oxygen atoms in total. The van der Waals surface area contributed by atoms with Gasteiger partial charge in [-0.3, -0.25) is 0 Å². The Morgan fingerprint density at radius 1 is 1.44 bits per heavy atom. The summed E-state index contributed by atoms with van der Waals surface area (Å²) in [4.78, 5) is 13.4. The van der Waals surface area contributed by atoms with E-state index in [1.54, 1.807) is 0 Å². The second-order valence-electron chi connectivity index (χ2n) is 3.88. The van der Waals surface area contributed by atoms with Crippen LogP contribution in [0.4, 0.5) is 17.5 Å². The number of hydrogen-bond donors (Lipinski definition) is 3. The third kappa shape index (κ3) is 2.98. The van der Waals surface area contributed by atoms with Gasteiger partial charge < -0.3 is 20.3 Å². The summed E-state index contributed by atoms with van der Waals surface area (Å²) in [6, 6.07) is 5.78. The van der Waals surface area contributed by atoms with Crippen LogP contribution in [0.2, 0.25) is 0 Å². The van der Waals surface area contributed by atoms with Crippen molar-refractivity contribution in [3.05, 3.63) is 30.7 Å². The highest BCUT2D eigenvalue weighted by atomic mass is 16.3. The van der Waals surface area contributed by atoms with Crippen molar-refractivity contribution >= 4 is 17.5 Å². The van der Waals surface area contributed by atoms with E-state index in [1.807, 2.05) is 36.3 Å². The first kappa shape index (κ1) is 12.4. The standard InChI is InChI=1S/C12H17N5O/c1-17(11-4-2-5-14-11)12-8-10(15-9-16-12)13-6-3-7-18/h2,4-5,8-9,14,18H,3,6-7H2,1H3,(H,13,15,16). The zero-order valence-corrected chi connectivity index (χ0v) is 10.3. The number of aromatic amines is 1. The van der Waals surface area contributed by atoms with Crippen LogP contribution in [-0.4, -0.2) is 40.3 Å². The molecule has 0 radical (unpaired) electrons. The van der Waals surface area contributed by atoms with Crippen molar-refractivity contribution in [2.45, 2.75) is 6.42 Å². The molecule has 0 saturated carbocycles. The highest BCUT2D eigenvalue weighted by Crippen LogP contribution is 2.20. The van der Waals surface area contributed by atoms with E-state index < -0.39 is 0 Å². The van der Waals surface area contributed by atoms with Gasteiger partial charge in [0.15, 0.2) is 0 Å². The van der Waals surface area contributed by atoms with Crippen LogP contribution in [0.15, 0.2) is 30.7 Å². The molecule has 0 saturated heterocycles. The Bertz CT molecular complexity index is 471. The van der Waals surface area contributed by atoms with Crippen LogP contribution >= 0.6 is 0 Å². The average molecular weight is 247 g/mol. The van der Waals surface area contributed by atoms with Crippen molar-refractivity contribution in [1.29, 1.82) is 0 Å². The predicted octanol–water partition coefficient (Wildman–Crippen LogP) is 1.37. The molecule has 0 spiro atoms. The molecule has 0 atom stereocenters. The van der Waals surface area contributed by atoms with Crippen LogP contribution in [0.5, 0.6) is 0 Å². The lowest BCUT2D eigenvalue weighted by Crippen LogP contribution is -2.13. The minimum atomic E-state index is 0.174. The van der Waals surface area contributed by atoms with Crippen molar-refractivity contribution in [3.63, 3.8) is 0 Å². The molecule has 2 aromatic rings. The van der Waals surface area contributed by atoms with E-state index in [4.69, 9.17) is 5.11 Å². The zero-order valence-electron chi connectivity index (χ0n) is 10.3. The molecule has 0 aliphatic rings. The first-order valence-corrected chi connectivity index (χ1v) is 5.85. The van der Waals surface area contributed by atoms with Crippen molar-refractivity contribution < 1.29 is 5.11 Å². The third-order valence-electron chi connectivity index (χ3n) is 2.58. The number of anilines is 3. The number of nitrogens with one attached hydrogen (secondary N) is 2. The fraction of sp³-hybridized carbons (Fsp3) is 0.333. The van der Waals surface area contributed by atoms with Crippen LogP contribution < -0.4 is 10.2 Å². The molecule has 0 unspecified atom stereocenters. The maximum absolute atomic E-state index is 8.73. The van der Waals surface area contributed by atoms with Gasteiger partial charge >= 0.3 is 0 Å². The van der Waals surface area contributed by atoms with E-state index in [9.17, 15) is 0 Å². The van der Waals surface area contributed by atoms with Crippen molar-refractivity contribution in [1.82, 2.24) is 15.0 Å². The lowest BCUT2D eigenvalue weighted by Gasteiger charge is -2.16. The summed E-state index contributed by atoms with van der Waals surface area (Å²) >= 11 is 0. The van der Waals surface area contributed by atoms with Gasteiger partial charge in [-0.25, -0.2) is 9.97 Å². The summed E-state index contributed by atoms with van der Waals surface area (Å²) in [6.45, 7) is 0.868. The number of aliphatic hydroxyl groups is 1. The summed E-state index contributed by atoms with van der Waals surface area (Å²) in [5, 5.41) is 11.9. The zero-order chi connectivity index (χ0) is 12.8. The fourth-order valence-electron chi connectivity index (χ4n) is 1.58. The lowest BCUT2D eigenvalue weighted by molar-refractivity contribution is 0.292. The summed E-state index contributed by atoms with van der Waals surface area (Å²) in [7, 11) is 1.94. The molecule has 2 aromatic heterocycles. The molecule has 18 heavy (non-hydrogen) atoms. The van der Waals surface area contributed by atoms with Gasteiger partial charge in [0.25, 0.3) is 0 Å². The smallest absolute Gasteiger partial charge is 0.139 e. The highest BCUT2D eigenvalue weighted by Gasteiger charge is 2.06. The molecular formula is C12H17N5O. The number of nitrogens with zero attached hydrogens (tertiary/aromatic N) is 3. The number of aromatic nitrogens is 3. The summed E-state index contributed by atoms with van der Waals surface area (Å²) < 4.78 is 0. The monoisotopic (exact) mass is 247 g/mol. The van der Waals surface area contributed by atoms with E-state index in [1.165, 1.54) is 6.33 Å². The number of H-pyrrole nitrogens is 1. The molecule has 2 heterocycles. The fourth-order valence-corrected chi connectivity index (χ4v) is 1.58.